The smallest absolute Gasteiger partial charge is 0.267 e. The largest absolute Gasteiger partial charge is 0.369 e. The molecule has 2 aromatic heterocycles. The summed E-state index contributed by atoms with van der Waals surface area (Å²) in [5, 5.41) is 8.87. The fraction of sp³-hybridized carbons (Fsp3) is 0.385. The zero-order chi connectivity index (χ0) is 46.3. The number of aryl methyl sites for hydroxylation is 2. The van der Waals surface area contributed by atoms with E-state index in [-0.39, 0.29) is 36.4 Å². The van der Waals surface area contributed by atoms with Crippen LogP contribution in [0.2, 0.25) is 5.02 Å². The van der Waals surface area contributed by atoms with Crippen molar-refractivity contribution in [1.29, 1.82) is 0 Å². The quantitative estimate of drug-likeness (QED) is 0.201. The summed E-state index contributed by atoms with van der Waals surface area (Å²) in [4.78, 5) is 81.5. The summed E-state index contributed by atoms with van der Waals surface area (Å²) in [7, 11) is 0. The van der Waals surface area contributed by atoms with Crippen LogP contribution in [0.4, 0.5) is 28.1 Å². The second-order valence-corrected chi connectivity index (χ2v) is 15.1. The number of hydrogen-bond donors (Lipinski definition) is 3. The summed E-state index contributed by atoms with van der Waals surface area (Å²) in [5.41, 5.74) is 0.436. The normalized spacial score (nSPS) is 25.1. The Kier molecular flexibility index (Phi) is 8.04. The lowest BCUT2D eigenvalue weighted by molar-refractivity contribution is -0.136. The number of piperidine rings is 2. The highest BCUT2D eigenvalue weighted by atomic mass is 35.5. The lowest BCUT2D eigenvalue weighted by Crippen LogP contribution is -2.54. The third-order valence-corrected chi connectivity index (χ3v) is 11.1. The minimum absolute atomic E-state index is 0.112. The molecule has 15 nitrogen and oxygen atoms in total. The molecule has 4 aliphatic heterocycles. The van der Waals surface area contributed by atoms with Crippen LogP contribution in [0.5, 0.6) is 0 Å². The molecule has 8 rings (SSSR count). The van der Waals surface area contributed by atoms with E-state index in [0.29, 0.717) is 78.8 Å². The molecule has 3 saturated heterocycles. The first-order valence-corrected chi connectivity index (χ1v) is 19.1. The standard InChI is InChI=1S/C39H41ClN10O5S/c1-22-4-3-5-28(40)34(22)46-36(53)30-20-41-39(56-30)44-31-19-32(43-23(2)42-31)49-12-10-24(11-13-49)21-47-14-16-48(17-15-47)25-6-7-26-27(18-25)38(55)50(37(26)54)29-8-9-33(51)45-35(29)52/h3-7,18-20,24,29H,8-17,21H2,1-2H3,(H,46,53)(H,45,51,52)(H,41,42,43,44)/i14D2,15D2,16D2,17D2. The van der Waals surface area contributed by atoms with Crippen LogP contribution >= 0.6 is 22.9 Å². The summed E-state index contributed by atoms with van der Waals surface area (Å²) in [6.45, 7) is -8.79. The zero-order valence-corrected chi connectivity index (χ0v) is 31.8. The number of nitrogens with zero attached hydrogens (tertiary/aromatic N) is 7. The molecule has 56 heavy (non-hydrogen) atoms. The second kappa shape index (κ2) is 15.6. The summed E-state index contributed by atoms with van der Waals surface area (Å²) in [6.07, 6.45) is 2.00. The van der Waals surface area contributed by atoms with Gasteiger partial charge in [-0.1, -0.05) is 35.1 Å². The number of rotatable bonds is 9. The average molecular weight is 805 g/mol. The Morgan fingerprint density at radius 3 is 2.48 bits per heavy atom. The van der Waals surface area contributed by atoms with Crippen LogP contribution in [0.15, 0.2) is 48.7 Å². The van der Waals surface area contributed by atoms with Crippen molar-refractivity contribution in [2.75, 3.05) is 66.1 Å². The monoisotopic (exact) mass is 804 g/mol. The van der Waals surface area contributed by atoms with E-state index in [9.17, 15) is 24.0 Å². The highest BCUT2D eigenvalue weighted by molar-refractivity contribution is 7.17. The van der Waals surface area contributed by atoms with Gasteiger partial charge in [-0.15, -0.1) is 0 Å². The maximum Gasteiger partial charge on any atom is 0.267 e. The van der Waals surface area contributed by atoms with Crippen molar-refractivity contribution >= 4 is 80.6 Å². The second-order valence-electron chi connectivity index (χ2n) is 13.7. The molecule has 17 heteroatoms. The van der Waals surface area contributed by atoms with E-state index in [2.05, 4.69) is 30.9 Å². The summed E-state index contributed by atoms with van der Waals surface area (Å²) in [6, 6.07) is 8.98. The van der Waals surface area contributed by atoms with Crippen molar-refractivity contribution in [3.63, 3.8) is 0 Å². The van der Waals surface area contributed by atoms with Crippen molar-refractivity contribution in [3.8, 4) is 0 Å². The van der Waals surface area contributed by atoms with Gasteiger partial charge in [0.05, 0.1) is 33.5 Å². The maximum absolute atomic E-state index is 13.6. The van der Waals surface area contributed by atoms with Gasteiger partial charge in [-0.3, -0.25) is 39.1 Å². The number of halogens is 1. The van der Waals surface area contributed by atoms with Crippen LogP contribution in [-0.2, 0) is 9.59 Å². The lowest BCUT2D eigenvalue weighted by Gasteiger charge is -2.40. The Balaban J connectivity index is 0.947. The number of carbonyl (C=O) groups is 5. The number of amides is 5. The van der Waals surface area contributed by atoms with E-state index >= 15 is 0 Å². The van der Waals surface area contributed by atoms with Crippen LogP contribution in [0.1, 0.15) is 78.4 Å². The van der Waals surface area contributed by atoms with Gasteiger partial charge in [0.2, 0.25) is 11.8 Å². The van der Waals surface area contributed by atoms with Gasteiger partial charge in [0.25, 0.3) is 17.7 Å². The van der Waals surface area contributed by atoms with E-state index in [4.69, 9.17) is 22.6 Å². The molecule has 1 atom stereocenters. The zero-order valence-electron chi connectivity index (χ0n) is 38.2. The van der Waals surface area contributed by atoms with Crippen molar-refractivity contribution in [2.24, 2.45) is 5.92 Å². The predicted molar refractivity (Wildman–Crippen MR) is 213 cm³/mol. The van der Waals surface area contributed by atoms with E-state index in [1.165, 1.54) is 6.20 Å². The summed E-state index contributed by atoms with van der Waals surface area (Å²) >= 11 is 7.40. The van der Waals surface area contributed by atoms with E-state index < -0.39 is 67.3 Å². The van der Waals surface area contributed by atoms with Crippen LogP contribution < -0.4 is 25.8 Å². The molecule has 0 aliphatic carbocycles. The van der Waals surface area contributed by atoms with Crippen molar-refractivity contribution in [2.45, 2.75) is 45.6 Å². The molecule has 4 aromatic rings. The van der Waals surface area contributed by atoms with Crippen LogP contribution in [-0.4, -0.2) is 106 Å². The molecule has 0 spiro atoms. The number of piperazine rings is 1. The van der Waals surface area contributed by atoms with Crippen LogP contribution in [0.3, 0.4) is 0 Å². The highest BCUT2D eigenvalue weighted by Gasteiger charge is 2.45. The molecule has 290 valence electrons. The Hall–Kier alpha value is -5.45. The molecule has 4 aliphatic rings. The van der Waals surface area contributed by atoms with Crippen molar-refractivity contribution in [1.82, 2.24) is 30.1 Å². The number of imide groups is 2. The van der Waals surface area contributed by atoms with Gasteiger partial charge in [-0.05, 0) is 68.9 Å². The number of anilines is 5. The van der Waals surface area contributed by atoms with Crippen molar-refractivity contribution in [3.05, 3.63) is 81.1 Å². The number of fused-ring (bicyclic) bond motifs is 1. The molecule has 0 bridgehead atoms. The van der Waals surface area contributed by atoms with Gasteiger partial charge in [-0.2, -0.15) is 0 Å². The molecule has 3 fully saturated rings. The molecule has 5 amide bonds. The first-order chi connectivity index (χ1) is 30.0. The highest BCUT2D eigenvalue weighted by Crippen LogP contribution is 2.33. The molecule has 0 saturated carbocycles. The van der Waals surface area contributed by atoms with Crippen molar-refractivity contribution < 1.29 is 34.9 Å². The first kappa shape index (κ1) is 28.9. The molecule has 0 radical (unpaired) electrons. The molecular formula is C39H41ClN10O5S. The van der Waals surface area contributed by atoms with Crippen LogP contribution in [0, 0.1) is 19.8 Å². The number of aromatic nitrogens is 3. The third kappa shape index (κ3) is 7.68. The Morgan fingerprint density at radius 1 is 0.964 bits per heavy atom. The molecule has 6 heterocycles. The predicted octanol–water partition coefficient (Wildman–Crippen LogP) is 4.64. The number of carbonyl (C=O) groups excluding carboxylic acids is 5. The van der Waals surface area contributed by atoms with Gasteiger partial charge in [-0.25, -0.2) is 15.0 Å². The third-order valence-electron chi connectivity index (χ3n) is 9.90. The SMILES string of the molecule is [2H]C1([2H])N(CC2CCN(c3cc(Nc4ncc(C(=O)Nc5c(C)cccc5Cl)s4)nc(C)n3)CC2)C([2H])([2H])C([2H])([2H])N(c2ccc3c(c2)C(=O)N(C2CCC(=O)NC2=O)C3=O)C1([2H])[2H]. The molecular weight excluding hydrogens is 756 g/mol. The molecule has 3 N–H and O–H groups in total. The van der Waals surface area contributed by atoms with Gasteiger partial charge in [0, 0.05) is 69.3 Å². The van der Waals surface area contributed by atoms with Gasteiger partial charge in [0.1, 0.15) is 28.4 Å². The summed E-state index contributed by atoms with van der Waals surface area (Å²) < 4.78 is 72.4. The number of para-hydroxylation sites is 1. The molecule has 2 aromatic carbocycles. The minimum Gasteiger partial charge on any atom is -0.369 e. The van der Waals surface area contributed by atoms with Gasteiger partial charge < -0.3 is 20.4 Å². The average Bonchev–Trinajstić information content (AvgIpc) is 3.78. The van der Waals surface area contributed by atoms with Crippen LogP contribution in [0.25, 0.3) is 0 Å². The fourth-order valence-electron chi connectivity index (χ4n) is 6.99. The van der Waals surface area contributed by atoms with Gasteiger partial charge in [0.15, 0.2) is 5.13 Å². The first-order valence-electron chi connectivity index (χ1n) is 21.9. The summed E-state index contributed by atoms with van der Waals surface area (Å²) in [5.74, 6) is -2.53. The number of hydrogen-bond acceptors (Lipinski definition) is 13. The number of thiazole rings is 1. The van der Waals surface area contributed by atoms with E-state index in [0.717, 1.165) is 35.1 Å². The fourth-order valence-corrected chi connectivity index (χ4v) is 7.98. The van der Waals surface area contributed by atoms with E-state index in [1.54, 1.807) is 25.1 Å². The van der Waals surface area contributed by atoms with E-state index in [1.807, 2.05) is 17.9 Å². The topological polar surface area (TPSA) is 173 Å². The maximum atomic E-state index is 13.6. The Bertz CT molecular complexity index is 2560. The Labute approximate surface area is 343 Å². The number of benzene rings is 2. The van der Waals surface area contributed by atoms with Gasteiger partial charge >= 0.3 is 0 Å². The lowest BCUT2D eigenvalue weighted by atomic mass is 9.96. The minimum atomic E-state index is -3.25. The number of nitrogens with one attached hydrogen (secondary N) is 3. The Morgan fingerprint density at radius 2 is 1.73 bits per heavy atom. The molecule has 1 unspecified atom stereocenters.